The number of nitrogens with two attached hydrogens (primary N) is 1. The molecule has 19 heavy (non-hydrogen) atoms. The van der Waals surface area contributed by atoms with E-state index in [0.717, 1.165) is 23.3 Å². The van der Waals surface area contributed by atoms with Crippen LogP contribution in [0.4, 0.5) is 4.39 Å². The second kappa shape index (κ2) is 6.55. The molecular weight excluding hydrogens is 265 g/mol. The van der Waals surface area contributed by atoms with Gasteiger partial charge in [-0.1, -0.05) is 29.8 Å². The molecule has 2 N–H and O–H groups in total. The zero-order chi connectivity index (χ0) is 13.7. The first-order valence-electron chi connectivity index (χ1n) is 6.05. The van der Waals surface area contributed by atoms with Crippen molar-refractivity contribution in [1.82, 2.24) is 0 Å². The fraction of sp³-hybridized carbons (Fsp3) is 0.200. The molecule has 0 aliphatic carbocycles. The number of hydrogen-bond donors (Lipinski definition) is 1. The Kier molecular flexibility index (Phi) is 4.77. The molecule has 0 radical (unpaired) electrons. The van der Waals surface area contributed by atoms with Crippen molar-refractivity contribution >= 4 is 11.6 Å². The zero-order valence-electron chi connectivity index (χ0n) is 10.4. The number of halogens is 2. The Morgan fingerprint density at radius 2 is 2.00 bits per heavy atom. The van der Waals surface area contributed by atoms with Gasteiger partial charge in [0.15, 0.2) is 0 Å². The Bertz CT molecular complexity index is 560. The van der Waals surface area contributed by atoms with Gasteiger partial charge in [0.25, 0.3) is 0 Å². The molecule has 0 aliphatic heterocycles. The van der Waals surface area contributed by atoms with Gasteiger partial charge in [-0.15, -0.1) is 0 Å². The zero-order valence-corrected chi connectivity index (χ0v) is 11.2. The number of ether oxygens (including phenoxy) is 1. The van der Waals surface area contributed by atoms with Crippen LogP contribution in [-0.2, 0) is 13.0 Å². The minimum atomic E-state index is -0.348. The topological polar surface area (TPSA) is 35.2 Å². The van der Waals surface area contributed by atoms with E-state index in [4.69, 9.17) is 22.1 Å². The van der Waals surface area contributed by atoms with Crippen molar-refractivity contribution in [3.63, 3.8) is 0 Å². The Labute approximate surface area is 117 Å². The molecule has 2 aromatic carbocycles. The minimum absolute atomic E-state index is 0.311. The molecule has 0 aromatic heterocycles. The van der Waals surface area contributed by atoms with Gasteiger partial charge in [-0.05, 0) is 42.8 Å². The summed E-state index contributed by atoms with van der Waals surface area (Å²) in [6.45, 7) is 0.915. The lowest BCUT2D eigenvalue weighted by Crippen LogP contribution is -2.03. The van der Waals surface area contributed by atoms with Crippen molar-refractivity contribution in [2.75, 3.05) is 6.54 Å². The van der Waals surface area contributed by atoms with E-state index >= 15 is 0 Å². The molecule has 100 valence electrons. The fourth-order valence-corrected chi connectivity index (χ4v) is 1.98. The Morgan fingerprint density at radius 1 is 1.16 bits per heavy atom. The van der Waals surface area contributed by atoms with Crippen LogP contribution in [0.25, 0.3) is 0 Å². The second-order valence-corrected chi connectivity index (χ2v) is 4.62. The van der Waals surface area contributed by atoms with Crippen molar-refractivity contribution in [3.05, 3.63) is 64.4 Å². The van der Waals surface area contributed by atoms with Crippen LogP contribution in [0, 0.1) is 5.82 Å². The third kappa shape index (κ3) is 3.94. The van der Waals surface area contributed by atoms with Crippen molar-refractivity contribution in [3.8, 4) is 5.75 Å². The highest BCUT2D eigenvalue weighted by Crippen LogP contribution is 2.20. The molecule has 0 atom stereocenters. The molecule has 0 heterocycles. The van der Waals surface area contributed by atoms with E-state index in [1.165, 1.54) is 12.1 Å². The number of hydrogen-bond acceptors (Lipinski definition) is 2. The van der Waals surface area contributed by atoms with Gasteiger partial charge in [-0.2, -0.15) is 0 Å². The van der Waals surface area contributed by atoms with Gasteiger partial charge >= 0.3 is 0 Å². The van der Waals surface area contributed by atoms with Crippen molar-refractivity contribution < 1.29 is 9.13 Å². The monoisotopic (exact) mass is 279 g/mol. The molecule has 0 bridgehead atoms. The highest BCUT2D eigenvalue weighted by atomic mass is 35.5. The second-order valence-electron chi connectivity index (χ2n) is 4.21. The third-order valence-electron chi connectivity index (χ3n) is 2.74. The average Bonchev–Trinajstić information content (AvgIpc) is 2.38. The van der Waals surface area contributed by atoms with E-state index in [1.807, 2.05) is 24.3 Å². The molecule has 2 rings (SSSR count). The molecule has 0 saturated heterocycles. The summed E-state index contributed by atoms with van der Waals surface area (Å²) in [4.78, 5) is 0. The first-order chi connectivity index (χ1) is 9.19. The van der Waals surface area contributed by atoms with Crippen LogP contribution in [0.5, 0.6) is 5.75 Å². The van der Waals surface area contributed by atoms with Gasteiger partial charge in [0, 0.05) is 5.56 Å². The highest BCUT2D eigenvalue weighted by molar-refractivity contribution is 6.31. The lowest BCUT2D eigenvalue weighted by Gasteiger charge is -2.09. The van der Waals surface area contributed by atoms with Crippen molar-refractivity contribution in [2.45, 2.75) is 13.0 Å². The van der Waals surface area contributed by atoms with Gasteiger partial charge < -0.3 is 10.5 Å². The Balaban J connectivity index is 2.03. The largest absolute Gasteiger partial charge is 0.489 e. The van der Waals surface area contributed by atoms with Crippen LogP contribution >= 0.6 is 11.6 Å². The van der Waals surface area contributed by atoms with E-state index in [0.29, 0.717) is 18.2 Å². The predicted molar refractivity (Wildman–Crippen MR) is 74.9 cm³/mol. The lowest BCUT2D eigenvalue weighted by molar-refractivity contribution is 0.306. The smallest absolute Gasteiger partial charge is 0.124 e. The highest BCUT2D eigenvalue weighted by Gasteiger charge is 2.03. The third-order valence-corrected chi connectivity index (χ3v) is 3.09. The van der Waals surface area contributed by atoms with Crippen molar-refractivity contribution in [1.29, 1.82) is 0 Å². The van der Waals surface area contributed by atoms with Crippen molar-refractivity contribution in [2.24, 2.45) is 5.73 Å². The summed E-state index contributed by atoms with van der Waals surface area (Å²) in [5, 5.41) is 0.373. The van der Waals surface area contributed by atoms with E-state index in [9.17, 15) is 4.39 Å². The average molecular weight is 280 g/mol. The fourth-order valence-electron chi connectivity index (χ4n) is 1.76. The Morgan fingerprint density at radius 3 is 2.74 bits per heavy atom. The Hall–Kier alpha value is -1.58. The van der Waals surface area contributed by atoms with Gasteiger partial charge in [-0.25, -0.2) is 4.39 Å². The first kappa shape index (κ1) is 13.8. The molecule has 0 amide bonds. The van der Waals surface area contributed by atoms with Crippen LogP contribution in [0.2, 0.25) is 5.02 Å². The molecular formula is C15H15ClFNO. The van der Waals surface area contributed by atoms with E-state index < -0.39 is 0 Å². The van der Waals surface area contributed by atoms with Gasteiger partial charge in [-0.3, -0.25) is 0 Å². The number of rotatable bonds is 5. The minimum Gasteiger partial charge on any atom is -0.489 e. The molecule has 4 heteroatoms. The van der Waals surface area contributed by atoms with E-state index in [-0.39, 0.29) is 5.82 Å². The summed E-state index contributed by atoms with van der Waals surface area (Å²) in [5.74, 6) is 0.407. The number of benzene rings is 2. The molecule has 0 unspecified atom stereocenters. The quantitative estimate of drug-likeness (QED) is 0.908. The summed E-state index contributed by atoms with van der Waals surface area (Å²) in [6, 6.07) is 12.0. The molecule has 0 fully saturated rings. The van der Waals surface area contributed by atoms with Gasteiger partial charge in [0.05, 0.1) is 5.02 Å². The van der Waals surface area contributed by atoms with Crippen LogP contribution in [0.1, 0.15) is 11.1 Å². The van der Waals surface area contributed by atoms with Crippen LogP contribution in [0.3, 0.4) is 0 Å². The SMILES string of the molecule is NCCc1cccc(OCc2ccc(F)cc2Cl)c1. The summed E-state index contributed by atoms with van der Waals surface area (Å²) < 4.78 is 18.6. The maximum absolute atomic E-state index is 12.9. The maximum atomic E-state index is 12.9. The normalized spacial score (nSPS) is 10.5. The summed E-state index contributed by atoms with van der Waals surface area (Å²) in [6.07, 6.45) is 0.814. The van der Waals surface area contributed by atoms with Crippen LogP contribution in [0.15, 0.2) is 42.5 Å². The van der Waals surface area contributed by atoms with E-state index in [1.54, 1.807) is 6.07 Å². The molecule has 0 saturated carbocycles. The summed E-state index contributed by atoms with van der Waals surface area (Å²) >= 11 is 5.94. The molecule has 2 aromatic rings. The summed E-state index contributed by atoms with van der Waals surface area (Å²) in [5.41, 5.74) is 7.40. The van der Waals surface area contributed by atoms with Gasteiger partial charge in [0.2, 0.25) is 0 Å². The predicted octanol–water partition coefficient (Wildman–Crippen LogP) is 3.56. The molecule has 0 spiro atoms. The first-order valence-corrected chi connectivity index (χ1v) is 6.42. The molecule has 0 aliphatic rings. The van der Waals surface area contributed by atoms with Crippen LogP contribution < -0.4 is 10.5 Å². The van der Waals surface area contributed by atoms with Crippen LogP contribution in [-0.4, -0.2) is 6.54 Å². The summed E-state index contributed by atoms with van der Waals surface area (Å²) in [7, 11) is 0. The lowest BCUT2D eigenvalue weighted by atomic mass is 10.1. The van der Waals surface area contributed by atoms with E-state index in [2.05, 4.69) is 0 Å². The van der Waals surface area contributed by atoms with Gasteiger partial charge in [0.1, 0.15) is 18.2 Å². The standard InChI is InChI=1S/C15H15ClFNO/c16-15-9-13(17)5-4-12(15)10-19-14-3-1-2-11(8-14)6-7-18/h1-5,8-9H,6-7,10,18H2. The maximum Gasteiger partial charge on any atom is 0.124 e. The molecule has 2 nitrogen and oxygen atoms in total.